The quantitative estimate of drug-likeness (QED) is 0.837. The highest BCUT2D eigenvalue weighted by Gasteiger charge is 2.33. The fraction of sp³-hybridized carbons (Fsp3) is 0.533. The van der Waals surface area contributed by atoms with E-state index in [1.165, 1.54) is 30.2 Å². The molecule has 22 heavy (non-hydrogen) atoms. The lowest BCUT2D eigenvalue weighted by Crippen LogP contribution is -2.62. The van der Waals surface area contributed by atoms with Crippen molar-refractivity contribution in [3.63, 3.8) is 0 Å². The molecule has 0 aliphatic carbocycles. The van der Waals surface area contributed by atoms with E-state index < -0.39 is 0 Å². The van der Waals surface area contributed by atoms with E-state index in [0.29, 0.717) is 6.04 Å². The first-order valence-electron chi connectivity index (χ1n) is 7.75. The molecule has 6 nitrogen and oxygen atoms in total. The van der Waals surface area contributed by atoms with E-state index in [1.54, 1.807) is 0 Å². The molecule has 2 aliphatic heterocycles. The first kappa shape index (κ1) is 14.0. The highest BCUT2D eigenvalue weighted by atomic mass is 32.1. The average molecular weight is 316 g/mol. The van der Waals surface area contributed by atoms with Gasteiger partial charge in [0.15, 0.2) is 0 Å². The summed E-state index contributed by atoms with van der Waals surface area (Å²) in [6.07, 6.45) is 5.62. The van der Waals surface area contributed by atoms with Gasteiger partial charge in [-0.1, -0.05) is 0 Å². The fourth-order valence-electron chi connectivity index (χ4n) is 3.21. The van der Waals surface area contributed by atoms with Crippen molar-refractivity contribution in [1.82, 2.24) is 24.1 Å². The lowest BCUT2D eigenvalue weighted by atomic mass is 10.1. The number of likely N-dealkylation sites (tertiary alicyclic amines) is 1. The van der Waals surface area contributed by atoms with Crippen LogP contribution in [0.15, 0.2) is 30.0 Å². The van der Waals surface area contributed by atoms with Gasteiger partial charge in [0.1, 0.15) is 0 Å². The van der Waals surface area contributed by atoms with Gasteiger partial charge in [-0.05, 0) is 23.2 Å². The molecule has 0 unspecified atom stereocenters. The van der Waals surface area contributed by atoms with Crippen LogP contribution < -0.4 is 4.90 Å². The van der Waals surface area contributed by atoms with Gasteiger partial charge < -0.3 is 4.90 Å². The smallest absolute Gasteiger partial charge is 0.225 e. The summed E-state index contributed by atoms with van der Waals surface area (Å²) in [6.45, 7) is 7.66. The number of piperazine rings is 1. The summed E-state index contributed by atoms with van der Waals surface area (Å²) >= 11 is 1.54. The third kappa shape index (κ3) is 2.97. The second kappa shape index (κ2) is 6.28. The molecule has 0 atom stereocenters. The average Bonchev–Trinajstić information content (AvgIpc) is 3.05. The molecule has 0 radical (unpaired) electrons. The van der Waals surface area contributed by atoms with Crippen LogP contribution in [-0.4, -0.2) is 69.5 Å². The van der Waals surface area contributed by atoms with Crippen LogP contribution in [0, 0.1) is 0 Å². The van der Waals surface area contributed by atoms with Crippen molar-refractivity contribution in [2.45, 2.75) is 12.6 Å². The van der Waals surface area contributed by atoms with E-state index in [2.05, 4.69) is 34.4 Å². The number of rotatable bonds is 4. The van der Waals surface area contributed by atoms with Gasteiger partial charge in [-0.3, -0.25) is 9.80 Å². The predicted octanol–water partition coefficient (Wildman–Crippen LogP) is 0.939. The molecular weight excluding hydrogens is 296 g/mol. The summed E-state index contributed by atoms with van der Waals surface area (Å²) in [7, 11) is 0. The first-order valence-corrected chi connectivity index (χ1v) is 8.59. The zero-order valence-corrected chi connectivity index (χ0v) is 13.3. The standard InChI is InChI=1S/C15H20N6S/c1-2-16-15(17-3-1)21-6-4-20(5-7-21)14-10-19(11-14)9-13-8-18-22-12-13/h1-3,8,12,14H,4-7,9-11H2. The highest BCUT2D eigenvalue weighted by Crippen LogP contribution is 2.20. The van der Waals surface area contributed by atoms with Crippen LogP contribution in [0.4, 0.5) is 5.95 Å². The minimum Gasteiger partial charge on any atom is -0.338 e. The minimum atomic E-state index is 0.713. The van der Waals surface area contributed by atoms with Gasteiger partial charge in [-0.2, -0.15) is 0 Å². The molecular formula is C15H20N6S. The second-order valence-corrected chi connectivity index (χ2v) is 6.61. The Kier molecular flexibility index (Phi) is 4.01. The molecule has 2 aromatic rings. The Morgan fingerprint density at radius 1 is 1.09 bits per heavy atom. The predicted molar refractivity (Wildman–Crippen MR) is 87.0 cm³/mol. The topological polar surface area (TPSA) is 48.4 Å². The molecule has 0 bridgehead atoms. The molecule has 4 rings (SSSR count). The third-order valence-electron chi connectivity index (χ3n) is 4.49. The van der Waals surface area contributed by atoms with E-state index in [9.17, 15) is 0 Å². The molecule has 116 valence electrons. The Labute approximate surface area is 134 Å². The summed E-state index contributed by atoms with van der Waals surface area (Å²) in [5.41, 5.74) is 1.34. The maximum Gasteiger partial charge on any atom is 0.225 e. The molecule has 4 heterocycles. The molecule has 2 aromatic heterocycles. The normalized spacial score (nSPS) is 21.0. The van der Waals surface area contributed by atoms with Crippen molar-refractivity contribution in [3.8, 4) is 0 Å². The fourth-order valence-corrected chi connectivity index (χ4v) is 3.74. The van der Waals surface area contributed by atoms with E-state index in [0.717, 1.165) is 38.7 Å². The number of nitrogens with zero attached hydrogens (tertiary/aromatic N) is 6. The molecule has 0 saturated carbocycles. The maximum absolute atomic E-state index is 4.34. The Hall–Kier alpha value is -1.57. The summed E-state index contributed by atoms with van der Waals surface area (Å²) in [4.78, 5) is 16.1. The molecule has 2 fully saturated rings. The highest BCUT2D eigenvalue weighted by molar-refractivity contribution is 7.03. The van der Waals surface area contributed by atoms with Gasteiger partial charge in [-0.25, -0.2) is 14.3 Å². The Balaban J connectivity index is 1.24. The Bertz CT molecular complexity index is 575. The zero-order chi connectivity index (χ0) is 14.8. The van der Waals surface area contributed by atoms with Gasteiger partial charge >= 0.3 is 0 Å². The first-order chi connectivity index (χ1) is 10.9. The van der Waals surface area contributed by atoms with Crippen LogP contribution in [-0.2, 0) is 6.54 Å². The van der Waals surface area contributed by atoms with Gasteiger partial charge in [0.25, 0.3) is 0 Å². The Morgan fingerprint density at radius 2 is 1.86 bits per heavy atom. The van der Waals surface area contributed by atoms with E-state index >= 15 is 0 Å². The van der Waals surface area contributed by atoms with Gasteiger partial charge in [-0.15, -0.1) is 0 Å². The molecule has 0 aromatic carbocycles. The lowest BCUT2D eigenvalue weighted by molar-refractivity contribution is 0.0255. The maximum atomic E-state index is 4.34. The number of anilines is 1. The third-order valence-corrected chi connectivity index (χ3v) is 5.13. The van der Waals surface area contributed by atoms with Crippen LogP contribution in [0.1, 0.15) is 5.56 Å². The second-order valence-electron chi connectivity index (χ2n) is 5.95. The SMILES string of the molecule is c1cnc(N2CCN(C3CN(Cc4cnsc4)C3)CC2)nc1. The van der Waals surface area contributed by atoms with E-state index in [4.69, 9.17) is 0 Å². The number of hydrogen-bond acceptors (Lipinski definition) is 7. The van der Waals surface area contributed by atoms with Crippen molar-refractivity contribution in [2.75, 3.05) is 44.2 Å². The number of aromatic nitrogens is 3. The molecule has 2 aliphatic rings. The van der Waals surface area contributed by atoms with Gasteiger partial charge in [0, 0.05) is 75.8 Å². The summed E-state index contributed by atoms with van der Waals surface area (Å²) in [6, 6.07) is 2.58. The molecule has 0 N–H and O–H groups in total. The summed E-state index contributed by atoms with van der Waals surface area (Å²) < 4.78 is 4.17. The van der Waals surface area contributed by atoms with Crippen molar-refractivity contribution >= 4 is 17.5 Å². The van der Waals surface area contributed by atoms with Crippen molar-refractivity contribution in [3.05, 3.63) is 35.6 Å². The van der Waals surface area contributed by atoms with Crippen LogP contribution in [0.5, 0.6) is 0 Å². The number of hydrogen-bond donors (Lipinski definition) is 0. The van der Waals surface area contributed by atoms with Crippen LogP contribution >= 0.6 is 11.5 Å². The van der Waals surface area contributed by atoms with Crippen molar-refractivity contribution in [2.24, 2.45) is 0 Å². The minimum absolute atomic E-state index is 0.713. The van der Waals surface area contributed by atoms with E-state index in [-0.39, 0.29) is 0 Å². The molecule has 0 spiro atoms. The Morgan fingerprint density at radius 3 is 2.55 bits per heavy atom. The van der Waals surface area contributed by atoms with Crippen molar-refractivity contribution in [1.29, 1.82) is 0 Å². The van der Waals surface area contributed by atoms with E-state index in [1.807, 2.05) is 24.7 Å². The van der Waals surface area contributed by atoms with Gasteiger partial charge in [0.2, 0.25) is 5.95 Å². The monoisotopic (exact) mass is 316 g/mol. The van der Waals surface area contributed by atoms with Gasteiger partial charge in [0.05, 0.1) is 0 Å². The summed E-state index contributed by atoms with van der Waals surface area (Å²) in [5.74, 6) is 0.863. The van der Waals surface area contributed by atoms with Crippen LogP contribution in [0.3, 0.4) is 0 Å². The molecule has 0 amide bonds. The van der Waals surface area contributed by atoms with Crippen LogP contribution in [0.2, 0.25) is 0 Å². The van der Waals surface area contributed by atoms with Crippen molar-refractivity contribution < 1.29 is 0 Å². The van der Waals surface area contributed by atoms with Crippen LogP contribution in [0.25, 0.3) is 0 Å². The molecule has 2 saturated heterocycles. The lowest BCUT2D eigenvalue weighted by Gasteiger charge is -2.48. The molecule has 7 heteroatoms. The zero-order valence-electron chi connectivity index (χ0n) is 12.5. The summed E-state index contributed by atoms with van der Waals surface area (Å²) in [5, 5.41) is 2.14. The largest absolute Gasteiger partial charge is 0.338 e.